The maximum absolute atomic E-state index is 14.3. The Bertz CT molecular complexity index is 1890. The normalized spacial score (nSPS) is 14.3. The number of nitrogen functional groups attached to an aromatic ring is 1. The Balaban J connectivity index is 1.15. The molecule has 45 heavy (non-hydrogen) atoms. The second kappa shape index (κ2) is 12.3. The number of benzene rings is 2. The SMILES string of the molecule is COCCOc1ccc(N2CCN(C(=O)C(Cc3ccccc3)n3ncc4c3nc(N)n3nc(-c5ccco5)nc43)CC2)cc1. The van der Waals surface area contributed by atoms with Crippen LogP contribution in [0.3, 0.4) is 0 Å². The number of fused-ring (bicyclic) bond motifs is 3. The highest BCUT2D eigenvalue weighted by molar-refractivity contribution is 5.92. The third-order valence-corrected chi connectivity index (χ3v) is 8.00. The molecule has 230 valence electrons. The smallest absolute Gasteiger partial charge is 0.247 e. The van der Waals surface area contributed by atoms with Crippen molar-refractivity contribution in [3.8, 4) is 17.3 Å². The number of carbonyl (C=O) groups is 1. The third-order valence-electron chi connectivity index (χ3n) is 8.00. The number of furan rings is 1. The fraction of sp³-hybridized carbons (Fsp3) is 0.281. The van der Waals surface area contributed by atoms with E-state index < -0.39 is 6.04 Å². The molecule has 2 aromatic carbocycles. The van der Waals surface area contributed by atoms with Crippen LogP contribution in [0.2, 0.25) is 0 Å². The van der Waals surface area contributed by atoms with Gasteiger partial charge in [-0.2, -0.15) is 14.6 Å². The standard InChI is InChI=1S/C32H33N9O4/c1-43-18-19-44-24-11-9-23(10-12-24)38-13-15-39(16-14-38)31(42)26(20-22-6-3-2-4-7-22)40-30-25(21-34-40)29-35-28(27-8-5-17-45-27)37-41(29)32(33)36-30/h2-12,17,21,26H,13-16,18-20H2,1H3,(H2,33,36). The minimum absolute atomic E-state index is 0.0246. The van der Waals surface area contributed by atoms with Gasteiger partial charge < -0.3 is 29.4 Å². The summed E-state index contributed by atoms with van der Waals surface area (Å²) in [6.45, 7) is 3.60. The van der Waals surface area contributed by atoms with Crippen molar-refractivity contribution in [1.82, 2.24) is 34.3 Å². The average molecular weight is 608 g/mol. The molecule has 1 fully saturated rings. The van der Waals surface area contributed by atoms with Crippen molar-refractivity contribution < 1.29 is 18.7 Å². The van der Waals surface area contributed by atoms with Gasteiger partial charge >= 0.3 is 0 Å². The van der Waals surface area contributed by atoms with Crippen LogP contribution in [-0.2, 0) is 16.0 Å². The summed E-state index contributed by atoms with van der Waals surface area (Å²) in [7, 11) is 1.65. The topological polar surface area (TPSA) is 142 Å². The summed E-state index contributed by atoms with van der Waals surface area (Å²) in [6.07, 6.45) is 3.67. The number of hydrogen-bond donors (Lipinski definition) is 1. The van der Waals surface area contributed by atoms with Gasteiger partial charge in [-0.25, -0.2) is 9.67 Å². The number of nitrogens with two attached hydrogens (primary N) is 1. The van der Waals surface area contributed by atoms with E-state index in [4.69, 9.17) is 19.6 Å². The number of piperazine rings is 1. The van der Waals surface area contributed by atoms with Crippen molar-refractivity contribution in [3.63, 3.8) is 0 Å². The zero-order valence-electron chi connectivity index (χ0n) is 24.8. The Kier molecular flexibility index (Phi) is 7.74. The van der Waals surface area contributed by atoms with E-state index in [1.807, 2.05) is 59.5 Å². The van der Waals surface area contributed by atoms with Gasteiger partial charge in [-0.3, -0.25) is 4.79 Å². The van der Waals surface area contributed by atoms with E-state index in [1.165, 1.54) is 4.52 Å². The van der Waals surface area contributed by atoms with Gasteiger partial charge in [0.05, 0.1) is 24.5 Å². The molecule has 0 saturated carbocycles. The Morgan fingerprint density at radius 2 is 1.76 bits per heavy atom. The molecule has 4 aromatic heterocycles. The largest absolute Gasteiger partial charge is 0.491 e. The Morgan fingerprint density at radius 3 is 2.49 bits per heavy atom. The van der Waals surface area contributed by atoms with Crippen LogP contribution in [0.1, 0.15) is 11.6 Å². The lowest BCUT2D eigenvalue weighted by molar-refractivity contribution is -0.135. The first-order valence-corrected chi connectivity index (χ1v) is 14.8. The highest BCUT2D eigenvalue weighted by Crippen LogP contribution is 2.28. The molecule has 0 bridgehead atoms. The predicted molar refractivity (Wildman–Crippen MR) is 168 cm³/mol. The molecule has 1 atom stereocenters. The molecule has 1 amide bonds. The minimum Gasteiger partial charge on any atom is -0.491 e. The fourth-order valence-corrected chi connectivity index (χ4v) is 5.67. The van der Waals surface area contributed by atoms with Crippen LogP contribution in [0.25, 0.3) is 28.3 Å². The first-order chi connectivity index (χ1) is 22.1. The van der Waals surface area contributed by atoms with Crippen LogP contribution >= 0.6 is 0 Å². The summed E-state index contributed by atoms with van der Waals surface area (Å²) < 4.78 is 19.4. The highest BCUT2D eigenvalue weighted by Gasteiger charge is 2.32. The molecule has 0 spiro atoms. The van der Waals surface area contributed by atoms with E-state index in [0.717, 1.165) is 17.0 Å². The first kappa shape index (κ1) is 28.3. The second-order valence-electron chi connectivity index (χ2n) is 10.8. The second-order valence-corrected chi connectivity index (χ2v) is 10.8. The fourth-order valence-electron chi connectivity index (χ4n) is 5.67. The first-order valence-electron chi connectivity index (χ1n) is 14.8. The molecule has 6 aromatic rings. The van der Waals surface area contributed by atoms with Crippen LogP contribution in [0.15, 0.2) is 83.6 Å². The summed E-state index contributed by atoms with van der Waals surface area (Å²) in [5.41, 5.74) is 9.43. The molecule has 0 aliphatic carbocycles. The van der Waals surface area contributed by atoms with Crippen LogP contribution in [-0.4, -0.2) is 86.7 Å². The molecule has 1 saturated heterocycles. The molecule has 13 heteroatoms. The van der Waals surface area contributed by atoms with Gasteiger partial charge in [0.1, 0.15) is 18.4 Å². The van der Waals surface area contributed by atoms with Gasteiger partial charge in [0, 0.05) is 45.4 Å². The summed E-state index contributed by atoms with van der Waals surface area (Å²) in [5, 5.41) is 9.81. The maximum Gasteiger partial charge on any atom is 0.247 e. The zero-order valence-corrected chi connectivity index (χ0v) is 24.8. The molecule has 0 radical (unpaired) electrons. The van der Waals surface area contributed by atoms with Gasteiger partial charge in [-0.15, -0.1) is 5.10 Å². The number of aromatic nitrogens is 6. The molecule has 1 unspecified atom stereocenters. The number of ether oxygens (including phenoxy) is 2. The number of anilines is 2. The zero-order chi connectivity index (χ0) is 30.8. The van der Waals surface area contributed by atoms with Crippen LogP contribution in [0, 0.1) is 0 Å². The van der Waals surface area contributed by atoms with Crippen LogP contribution < -0.4 is 15.4 Å². The summed E-state index contributed by atoms with van der Waals surface area (Å²) in [5.74, 6) is 1.82. The maximum atomic E-state index is 14.3. The van der Waals surface area contributed by atoms with Crippen molar-refractivity contribution >= 4 is 34.2 Å². The van der Waals surface area contributed by atoms with E-state index in [1.54, 1.807) is 36.4 Å². The van der Waals surface area contributed by atoms with Gasteiger partial charge in [-0.05, 0) is 42.0 Å². The number of hydrogen-bond acceptors (Lipinski definition) is 10. The quantitative estimate of drug-likeness (QED) is 0.230. The van der Waals surface area contributed by atoms with E-state index in [0.29, 0.717) is 74.1 Å². The number of nitrogens with zero attached hydrogens (tertiary/aromatic N) is 8. The lowest BCUT2D eigenvalue weighted by atomic mass is 10.0. The lowest BCUT2D eigenvalue weighted by Crippen LogP contribution is -2.51. The number of carbonyl (C=O) groups excluding carboxylic acids is 1. The Labute approximate surface area is 258 Å². The summed E-state index contributed by atoms with van der Waals surface area (Å²) in [4.78, 5) is 27.8. The summed E-state index contributed by atoms with van der Waals surface area (Å²) in [6, 6.07) is 20.9. The molecular formula is C32H33N9O4. The van der Waals surface area contributed by atoms with Crippen molar-refractivity contribution in [1.29, 1.82) is 0 Å². The number of rotatable bonds is 10. The van der Waals surface area contributed by atoms with Gasteiger partial charge in [0.2, 0.25) is 17.7 Å². The highest BCUT2D eigenvalue weighted by atomic mass is 16.5. The minimum atomic E-state index is -0.637. The van der Waals surface area contributed by atoms with E-state index in [9.17, 15) is 4.79 Å². The lowest BCUT2D eigenvalue weighted by Gasteiger charge is -2.37. The van der Waals surface area contributed by atoms with Gasteiger partial charge in [0.25, 0.3) is 0 Å². The van der Waals surface area contributed by atoms with Crippen LogP contribution in [0.4, 0.5) is 11.6 Å². The van der Waals surface area contributed by atoms with Crippen molar-refractivity contribution in [2.24, 2.45) is 0 Å². The number of amides is 1. The van der Waals surface area contributed by atoms with E-state index >= 15 is 0 Å². The van der Waals surface area contributed by atoms with E-state index in [2.05, 4.69) is 25.1 Å². The third kappa shape index (κ3) is 5.65. The Morgan fingerprint density at radius 1 is 0.956 bits per heavy atom. The monoisotopic (exact) mass is 607 g/mol. The number of methoxy groups -OCH3 is 1. The molecule has 2 N–H and O–H groups in total. The van der Waals surface area contributed by atoms with Crippen LogP contribution in [0.5, 0.6) is 5.75 Å². The van der Waals surface area contributed by atoms with Gasteiger partial charge in [0.15, 0.2) is 17.1 Å². The summed E-state index contributed by atoms with van der Waals surface area (Å²) >= 11 is 0. The molecule has 7 rings (SSSR count). The molecule has 1 aliphatic rings. The van der Waals surface area contributed by atoms with Crippen molar-refractivity contribution in [2.75, 3.05) is 57.1 Å². The molecule has 13 nitrogen and oxygen atoms in total. The van der Waals surface area contributed by atoms with Gasteiger partial charge in [-0.1, -0.05) is 30.3 Å². The van der Waals surface area contributed by atoms with E-state index in [-0.39, 0.29) is 11.9 Å². The molecular weight excluding hydrogens is 574 g/mol. The van der Waals surface area contributed by atoms with Crippen molar-refractivity contribution in [3.05, 3.63) is 84.8 Å². The molecule has 1 aliphatic heterocycles. The predicted octanol–water partition coefficient (Wildman–Crippen LogP) is 3.47. The Hall–Kier alpha value is -5.43. The van der Waals surface area contributed by atoms with Crippen molar-refractivity contribution in [2.45, 2.75) is 12.5 Å². The molecule has 5 heterocycles. The average Bonchev–Trinajstić information content (AvgIpc) is 3.85.